The smallest absolute Gasteiger partial charge is 0.339 e. The topological polar surface area (TPSA) is 102 Å². The van der Waals surface area contributed by atoms with Gasteiger partial charge in [0.15, 0.2) is 0 Å². The van der Waals surface area contributed by atoms with Crippen molar-refractivity contribution in [1.82, 2.24) is 4.72 Å². The highest BCUT2D eigenvalue weighted by Crippen LogP contribution is 2.17. The molecule has 0 aliphatic rings. The lowest BCUT2D eigenvalue weighted by atomic mass is 10.1. The molecule has 8 heteroatoms. The van der Waals surface area contributed by atoms with Crippen LogP contribution in [0.15, 0.2) is 53.4 Å². The van der Waals surface area contributed by atoms with Gasteiger partial charge in [0.2, 0.25) is 15.9 Å². The molecule has 2 aromatic carbocycles. The number of anilines is 1. The first-order valence-corrected chi connectivity index (χ1v) is 9.35. The zero-order valence-corrected chi connectivity index (χ0v) is 15.3. The third-order valence-electron chi connectivity index (χ3n) is 3.75. The number of esters is 1. The van der Waals surface area contributed by atoms with Crippen LogP contribution in [0.25, 0.3) is 0 Å². The first-order chi connectivity index (χ1) is 12.4. The van der Waals surface area contributed by atoms with E-state index in [9.17, 15) is 18.0 Å². The Bertz CT molecular complexity index is 892. The molecule has 26 heavy (non-hydrogen) atoms. The van der Waals surface area contributed by atoms with Crippen LogP contribution >= 0.6 is 0 Å². The van der Waals surface area contributed by atoms with E-state index in [1.165, 1.54) is 26.3 Å². The molecule has 2 rings (SSSR count). The Labute approximate surface area is 152 Å². The van der Waals surface area contributed by atoms with Crippen LogP contribution in [-0.4, -0.2) is 34.5 Å². The maximum Gasteiger partial charge on any atom is 0.339 e. The van der Waals surface area contributed by atoms with Crippen LogP contribution in [0.4, 0.5) is 5.69 Å². The van der Waals surface area contributed by atoms with E-state index in [1.54, 1.807) is 36.4 Å². The summed E-state index contributed by atoms with van der Waals surface area (Å²) in [7, 11) is -0.852. The van der Waals surface area contributed by atoms with Crippen LogP contribution in [0.5, 0.6) is 0 Å². The second-order valence-electron chi connectivity index (χ2n) is 5.44. The van der Waals surface area contributed by atoms with Gasteiger partial charge in [0.05, 0.1) is 23.3 Å². The summed E-state index contributed by atoms with van der Waals surface area (Å²) in [4.78, 5) is 24.0. The van der Waals surface area contributed by atoms with Crippen molar-refractivity contribution in [2.24, 2.45) is 0 Å². The Hall–Kier alpha value is -2.71. The maximum absolute atomic E-state index is 12.2. The van der Waals surface area contributed by atoms with Gasteiger partial charge in [0.25, 0.3) is 0 Å². The number of benzene rings is 2. The summed E-state index contributed by atoms with van der Waals surface area (Å²) in [5.41, 5.74) is 1.50. The molecule has 0 radical (unpaired) electrons. The van der Waals surface area contributed by atoms with Crippen LogP contribution in [0, 0.1) is 0 Å². The molecule has 0 spiro atoms. The predicted molar refractivity (Wildman–Crippen MR) is 97.4 cm³/mol. The number of ether oxygens (including phenoxy) is 1. The van der Waals surface area contributed by atoms with Crippen molar-refractivity contribution >= 4 is 27.6 Å². The zero-order valence-electron chi connectivity index (χ0n) is 14.5. The number of methoxy groups -OCH3 is 1. The minimum absolute atomic E-state index is 0.167. The van der Waals surface area contributed by atoms with Crippen LogP contribution in [0.1, 0.15) is 22.3 Å². The highest BCUT2D eigenvalue weighted by molar-refractivity contribution is 7.89. The molecule has 0 fully saturated rings. The summed E-state index contributed by atoms with van der Waals surface area (Å²) < 4.78 is 30.3. The lowest BCUT2D eigenvalue weighted by Crippen LogP contribution is -2.18. The lowest BCUT2D eigenvalue weighted by molar-refractivity contribution is -0.116. The molecular weight excluding hydrogens is 356 g/mol. The number of para-hydroxylation sites is 1. The Balaban J connectivity index is 1.99. The van der Waals surface area contributed by atoms with E-state index in [4.69, 9.17) is 4.74 Å². The maximum atomic E-state index is 12.2. The Morgan fingerprint density at radius 1 is 1.04 bits per heavy atom. The fourth-order valence-electron chi connectivity index (χ4n) is 2.30. The number of nitrogens with one attached hydrogen (secondary N) is 2. The molecule has 0 aromatic heterocycles. The van der Waals surface area contributed by atoms with E-state index < -0.39 is 16.0 Å². The molecule has 0 unspecified atom stereocenters. The number of aryl methyl sites for hydroxylation is 1. The number of amides is 1. The number of hydrogen-bond acceptors (Lipinski definition) is 5. The summed E-state index contributed by atoms with van der Waals surface area (Å²) >= 11 is 0. The van der Waals surface area contributed by atoms with Gasteiger partial charge in [0, 0.05) is 6.42 Å². The van der Waals surface area contributed by atoms with E-state index in [0.29, 0.717) is 12.1 Å². The summed E-state index contributed by atoms with van der Waals surface area (Å²) in [5.74, 6) is -0.782. The monoisotopic (exact) mass is 376 g/mol. The van der Waals surface area contributed by atoms with Crippen LogP contribution in [0.2, 0.25) is 0 Å². The van der Waals surface area contributed by atoms with E-state index in [2.05, 4.69) is 10.0 Å². The van der Waals surface area contributed by atoms with Crippen LogP contribution < -0.4 is 10.0 Å². The molecule has 1 amide bonds. The largest absolute Gasteiger partial charge is 0.465 e. The fourth-order valence-corrected chi connectivity index (χ4v) is 3.03. The van der Waals surface area contributed by atoms with Gasteiger partial charge in [-0.2, -0.15) is 0 Å². The molecule has 7 nitrogen and oxygen atoms in total. The number of carbonyl (C=O) groups is 2. The molecule has 0 aliphatic carbocycles. The average Bonchev–Trinajstić information content (AvgIpc) is 2.66. The van der Waals surface area contributed by atoms with E-state index >= 15 is 0 Å². The molecule has 0 bridgehead atoms. The van der Waals surface area contributed by atoms with Crippen molar-refractivity contribution in [3.05, 3.63) is 59.7 Å². The van der Waals surface area contributed by atoms with Crippen molar-refractivity contribution < 1.29 is 22.7 Å². The second-order valence-corrected chi connectivity index (χ2v) is 7.32. The van der Waals surface area contributed by atoms with Crippen molar-refractivity contribution in [1.29, 1.82) is 0 Å². The van der Waals surface area contributed by atoms with Gasteiger partial charge in [0.1, 0.15) is 0 Å². The summed E-state index contributed by atoms with van der Waals surface area (Å²) in [6.07, 6.45) is 0.625. The molecule has 0 saturated carbocycles. The third-order valence-corrected chi connectivity index (χ3v) is 5.18. The highest BCUT2D eigenvalue weighted by Gasteiger charge is 2.14. The van der Waals surface area contributed by atoms with Gasteiger partial charge in [-0.3, -0.25) is 4.79 Å². The quantitative estimate of drug-likeness (QED) is 0.719. The molecule has 0 atom stereocenters. The number of carbonyl (C=O) groups excluding carboxylic acids is 2. The van der Waals surface area contributed by atoms with Crippen molar-refractivity contribution in [3.63, 3.8) is 0 Å². The number of rotatable bonds is 7. The van der Waals surface area contributed by atoms with Gasteiger partial charge in [-0.25, -0.2) is 17.9 Å². The fraction of sp³-hybridized carbons (Fsp3) is 0.222. The van der Waals surface area contributed by atoms with Gasteiger partial charge < -0.3 is 10.1 Å². The first kappa shape index (κ1) is 19.6. The van der Waals surface area contributed by atoms with Gasteiger partial charge in [-0.15, -0.1) is 0 Å². The van der Waals surface area contributed by atoms with Gasteiger partial charge in [-0.1, -0.05) is 24.3 Å². The summed E-state index contributed by atoms with van der Waals surface area (Å²) in [5, 5.41) is 2.70. The summed E-state index contributed by atoms with van der Waals surface area (Å²) in [6, 6.07) is 12.9. The second kappa shape index (κ2) is 8.59. The van der Waals surface area contributed by atoms with Crippen LogP contribution in [0.3, 0.4) is 0 Å². The standard InChI is InChI=1S/C18H20N2O5S/c1-19-26(23,24)14-10-7-13(8-11-14)9-12-17(21)20-16-6-4-3-5-15(16)18(22)25-2/h3-8,10-11,19H,9,12H2,1-2H3,(H,20,21). The van der Waals surface area contributed by atoms with Gasteiger partial charge in [-0.05, 0) is 43.3 Å². The van der Waals surface area contributed by atoms with Gasteiger partial charge >= 0.3 is 5.97 Å². The molecular formula is C18H20N2O5S. The molecule has 2 aromatic rings. The lowest BCUT2D eigenvalue weighted by Gasteiger charge is -2.10. The van der Waals surface area contributed by atoms with Crippen molar-refractivity contribution in [3.8, 4) is 0 Å². The predicted octanol–water partition coefficient (Wildman–Crippen LogP) is 1.95. The Kier molecular flexibility index (Phi) is 6.48. The minimum Gasteiger partial charge on any atom is -0.465 e. The Morgan fingerprint density at radius 3 is 2.31 bits per heavy atom. The Morgan fingerprint density at radius 2 is 1.69 bits per heavy atom. The van der Waals surface area contributed by atoms with E-state index in [0.717, 1.165) is 5.56 Å². The van der Waals surface area contributed by atoms with Crippen molar-refractivity contribution in [2.75, 3.05) is 19.5 Å². The SMILES string of the molecule is CNS(=O)(=O)c1ccc(CCC(=O)Nc2ccccc2C(=O)OC)cc1. The van der Waals surface area contributed by atoms with E-state index in [-0.39, 0.29) is 22.8 Å². The third kappa shape index (κ3) is 4.90. The van der Waals surface area contributed by atoms with E-state index in [1.807, 2.05) is 0 Å². The minimum atomic E-state index is -3.48. The molecule has 138 valence electrons. The average molecular weight is 376 g/mol. The normalized spacial score (nSPS) is 11.0. The molecule has 0 aliphatic heterocycles. The van der Waals surface area contributed by atoms with Crippen LogP contribution in [-0.2, 0) is 26.0 Å². The number of hydrogen-bond donors (Lipinski definition) is 2. The number of sulfonamides is 1. The summed E-state index contributed by atoms with van der Waals surface area (Å²) in [6.45, 7) is 0. The molecule has 0 heterocycles. The highest BCUT2D eigenvalue weighted by atomic mass is 32.2. The first-order valence-electron chi connectivity index (χ1n) is 7.87. The molecule has 2 N–H and O–H groups in total. The molecule has 0 saturated heterocycles. The zero-order chi connectivity index (χ0) is 19.2. The van der Waals surface area contributed by atoms with Crippen molar-refractivity contribution in [2.45, 2.75) is 17.7 Å².